The van der Waals surface area contributed by atoms with Gasteiger partial charge in [-0.1, -0.05) is 152 Å². The van der Waals surface area contributed by atoms with Crippen LogP contribution < -0.4 is 0 Å². The summed E-state index contributed by atoms with van der Waals surface area (Å²) in [6, 6.07) is 75.6. The molecule has 0 radical (unpaired) electrons. The normalized spacial score (nSPS) is 11.9. The Morgan fingerprint density at radius 2 is 0.842 bits per heavy atom. The van der Waals surface area contributed by atoms with E-state index in [1.54, 1.807) is 0 Å². The molecule has 9 aromatic carbocycles. The molecule has 0 aliphatic heterocycles. The van der Waals surface area contributed by atoms with Crippen LogP contribution in [0.2, 0.25) is 0 Å². The van der Waals surface area contributed by atoms with Gasteiger partial charge in [-0.3, -0.25) is 0 Å². The molecule has 0 aliphatic carbocycles. The third-order valence-electron chi connectivity index (χ3n) is 11.7. The molecule has 0 saturated heterocycles. The molecular formula is C54H34N2S. The molecule has 0 amide bonds. The minimum absolute atomic E-state index is 1.15. The van der Waals surface area contributed by atoms with Crippen LogP contribution >= 0.6 is 11.3 Å². The number of hydrogen-bond donors (Lipinski definition) is 0. The van der Waals surface area contributed by atoms with Crippen molar-refractivity contribution in [1.29, 1.82) is 0 Å². The maximum absolute atomic E-state index is 2.47. The van der Waals surface area contributed by atoms with Gasteiger partial charge in [0.25, 0.3) is 0 Å². The first-order valence-corrected chi connectivity index (χ1v) is 20.3. The number of rotatable bonds is 5. The zero-order valence-electron chi connectivity index (χ0n) is 30.9. The van der Waals surface area contributed by atoms with E-state index in [2.05, 4.69) is 215 Å². The highest BCUT2D eigenvalue weighted by molar-refractivity contribution is 7.26. The lowest BCUT2D eigenvalue weighted by Gasteiger charge is -2.13. The van der Waals surface area contributed by atoms with Crippen molar-refractivity contribution in [2.45, 2.75) is 0 Å². The van der Waals surface area contributed by atoms with Crippen LogP contribution in [0.4, 0.5) is 0 Å². The van der Waals surface area contributed by atoms with Crippen LogP contribution in [0.5, 0.6) is 0 Å². The number of aromatic nitrogens is 2. The monoisotopic (exact) mass is 742 g/mol. The Balaban J connectivity index is 1.11. The maximum atomic E-state index is 2.47. The van der Waals surface area contributed by atoms with Crippen LogP contribution in [0, 0.1) is 0 Å². The molecule has 0 unspecified atom stereocenters. The van der Waals surface area contributed by atoms with E-state index in [9.17, 15) is 0 Å². The molecule has 3 aromatic heterocycles. The van der Waals surface area contributed by atoms with E-state index in [1.165, 1.54) is 103 Å². The summed E-state index contributed by atoms with van der Waals surface area (Å²) in [7, 11) is 0. The van der Waals surface area contributed by atoms with Crippen LogP contribution in [0.3, 0.4) is 0 Å². The average Bonchev–Trinajstić information content (AvgIpc) is 3.94. The van der Waals surface area contributed by atoms with Gasteiger partial charge < -0.3 is 9.13 Å². The molecule has 0 saturated carbocycles. The van der Waals surface area contributed by atoms with Gasteiger partial charge in [0.15, 0.2) is 0 Å². The van der Waals surface area contributed by atoms with E-state index in [0.29, 0.717) is 0 Å². The minimum Gasteiger partial charge on any atom is -0.309 e. The number of para-hydroxylation sites is 2. The summed E-state index contributed by atoms with van der Waals surface area (Å²) < 4.78 is 7.57. The van der Waals surface area contributed by atoms with Crippen molar-refractivity contribution < 1.29 is 0 Å². The second-order valence-corrected chi connectivity index (χ2v) is 15.9. The molecule has 57 heavy (non-hydrogen) atoms. The Labute approximate surface area is 333 Å². The van der Waals surface area contributed by atoms with E-state index in [4.69, 9.17) is 0 Å². The SMILES string of the molecule is c1ccc(-c2ccccc2-c2cccc3c2c2ccccc2n3-c2ccc3c(c2)c2ccccc2n3-c2cc(-c3ccccc3)c3sc4ccccc4c3c2)cc1. The fraction of sp³-hybridized carbons (Fsp3) is 0. The highest BCUT2D eigenvalue weighted by Crippen LogP contribution is 2.45. The summed E-state index contributed by atoms with van der Waals surface area (Å²) in [6.45, 7) is 0. The van der Waals surface area contributed by atoms with Gasteiger partial charge in [-0.2, -0.15) is 0 Å². The highest BCUT2D eigenvalue weighted by Gasteiger charge is 2.21. The largest absolute Gasteiger partial charge is 0.309 e. The molecule has 3 heteroatoms. The van der Waals surface area contributed by atoms with Crippen molar-refractivity contribution in [3.63, 3.8) is 0 Å². The first kappa shape index (κ1) is 32.1. The van der Waals surface area contributed by atoms with Crippen LogP contribution in [0.1, 0.15) is 0 Å². The molecule has 2 nitrogen and oxygen atoms in total. The van der Waals surface area contributed by atoms with Crippen molar-refractivity contribution in [1.82, 2.24) is 9.13 Å². The van der Waals surface area contributed by atoms with Gasteiger partial charge >= 0.3 is 0 Å². The predicted molar refractivity (Wildman–Crippen MR) is 244 cm³/mol. The molecule has 266 valence electrons. The Morgan fingerprint density at radius 3 is 1.63 bits per heavy atom. The molecule has 0 atom stereocenters. The van der Waals surface area contributed by atoms with Gasteiger partial charge in [-0.05, 0) is 82.4 Å². The van der Waals surface area contributed by atoms with E-state index in [1.807, 2.05) is 11.3 Å². The summed E-state index contributed by atoms with van der Waals surface area (Å²) in [5.41, 5.74) is 14.5. The topological polar surface area (TPSA) is 9.86 Å². The van der Waals surface area contributed by atoms with Crippen LogP contribution in [-0.4, -0.2) is 9.13 Å². The number of fused-ring (bicyclic) bond motifs is 9. The van der Waals surface area contributed by atoms with Crippen molar-refractivity contribution in [2.75, 3.05) is 0 Å². The number of benzene rings is 9. The zero-order chi connectivity index (χ0) is 37.5. The number of nitrogens with zero attached hydrogens (tertiary/aromatic N) is 2. The summed E-state index contributed by atoms with van der Waals surface area (Å²) >= 11 is 1.89. The van der Waals surface area contributed by atoms with Crippen molar-refractivity contribution in [2.24, 2.45) is 0 Å². The van der Waals surface area contributed by atoms with E-state index >= 15 is 0 Å². The minimum atomic E-state index is 1.15. The van der Waals surface area contributed by atoms with Crippen molar-refractivity contribution >= 4 is 75.1 Å². The lowest BCUT2D eigenvalue weighted by atomic mass is 9.92. The third kappa shape index (κ3) is 4.89. The Bertz CT molecular complexity index is 3510. The first-order valence-electron chi connectivity index (χ1n) is 19.5. The lowest BCUT2D eigenvalue weighted by molar-refractivity contribution is 1.17. The highest BCUT2D eigenvalue weighted by atomic mass is 32.1. The fourth-order valence-corrected chi connectivity index (χ4v) is 10.5. The molecule has 0 fully saturated rings. The quantitative estimate of drug-likeness (QED) is 0.166. The summed E-state index contributed by atoms with van der Waals surface area (Å²) in [6.07, 6.45) is 0. The maximum Gasteiger partial charge on any atom is 0.0547 e. The zero-order valence-corrected chi connectivity index (χ0v) is 31.7. The molecular weight excluding hydrogens is 709 g/mol. The summed E-state index contributed by atoms with van der Waals surface area (Å²) in [5.74, 6) is 0. The van der Waals surface area contributed by atoms with E-state index in [-0.39, 0.29) is 0 Å². The fourth-order valence-electron chi connectivity index (χ4n) is 9.26. The smallest absolute Gasteiger partial charge is 0.0547 e. The van der Waals surface area contributed by atoms with Crippen LogP contribution in [0.25, 0.3) is 109 Å². The van der Waals surface area contributed by atoms with Crippen molar-refractivity contribution in [3.05, 3.63) is 206 Å². The lowest BCUT2D eigenvalue weighted by Crippen LogP contribution is -1.96. The molecule has 0 spiro atoms. The van der Waals surface area contributed by atoms with Crippen LogP contribution in [0.15, 0.2) is 206 Å². The molecule has 12 rings (SSSR count). The predicted octanol–water partition coefficient (Wildman–Crippen LogP) is 15.2. The Kier molecular flexibility index (Phi) is 7.13. The summed E-state index contributed by atoms with van der Waals surface area (Å²) in [4.78, 5) is 0. The van der Waals surface area contributed by atoms with Crippen molar-refractivity contribution in [3.8, 4) is 44.8 Å². The van der Waals surface area contributed by atoms with Gasteiger partial charge in [0.2, 0.25) is 0 Å². The Hall–Kier alpha value is -7.20. The number of hydrogen-bond acceptors (Lipinski definition) is 1. The van der Waals surface area contributed by atoms with Crippen LogP contribution in [-0.2, 0) is 0 Å². The van der Waals surface area contributed by atoms with E-state index in [0.717, 1.165) is 5.69 Å². The molecule has 0 bridgehead atoms. The second kappa shape index (κ2) is 12.7. The number of thiophene rings is 1. The van der Waals surface area contributed by atoms with Gasteiger partial charge in [-0.15, -0.1) is 11.3 Å². The summed E-state index contributed by atoms with van der Waals surface area (Å²) in [5, 5.41) is 7.59. The average molecular weight is 743 g/mol. The van der Waals surface area contributed by atoms with E-state index < -0.39 is 0 Å². The van der Waals surface area contributed by atoms with Gasteiger partial charge in [0.1, 0.15) is 0 Å². The van der Waals surface area contributed by atoms with Gasteiger partial charge in [0, 0.05) is 58.7 Å². The third-order valence-corrected chi connectivity index (χ3v) is 12.9. The van der Waals surface area contributed by atoms with Gasteiger partial charge in [0.05, 0.1) is 22.1 Å². The van der Waals surface area contributed by atoms with Gasteiger partial charge in [-0.25, -0.2) is 0 Å². The second-order valence-electron chi connectivity index (χ2n) is 14.9. The molecule has 3 heterocycles. The molecule has 0 aliphatic rings. The first-order chi connectivity index (χ1) is 28.3. The molecule has 0 N–H and O–H groups in total. The Morgan fingerprint density at radius 1 is 0.298 bits per heavy atom. The molecule has 12 aromatic rings. The standard InChI is InChI=1S/C54H34N2S/c1-3-16-35(17-4-1)39-20-7-8-21-40(39)43-25-15-28-51-53(43)44-24-10-13-27-49(44)55(51)37-30-31-50-46(32-37)41-22-9-12-26-48(41)56(50)38-33-45(36-18-5-2-6-19-36)54-47(34-38)42-23-11-14-29-52(42)57-54/h1-34H.